The van der Waals surface area contributed by atoms with Gasteiger partial charge in [-0.25, -0.2) is 15.0 Å². The third-order valence-electron chi connectivity index (χ3n) is 5.71. The van der Waals surface area contributed by atoms with Crippen LogP contribution in [0.4, 0.5) is 5.82 Å². The van der Waals surface area contributed by atoms with Gasteiger partial charge < -0.3 is 15.4 Å². The summed E-state index contributed by atoms with van der Waals surface area (Å²) in [6.07, 6.45) is 6.85. The second kappa shape index (κ2) is 7.89. The monoisotopic (exact) mass is 459 g/mol. The van der Waals surface area contributed by atoms with E-state index < -0.39 is 0 Å². The molecule has 6 nitrogen and oxygen atoms in total. The van der Waals surface area contributed by atoms with Crippen molar-refractivity contribution in [3.8, 4) is 5.75 Å². The summed E-state index contributed by atoms with van der Waals surface area (Å²) in [4.78, 5) is 16.1. The molecule has 0 saturated carbocycles. The van der Waals surface area contributed by atoms with Crippen molar-refractivity contribution in [3.05, 3.63) is 64.7 Å². The molecule has 4 heterocycles. The number of nitrogens with zero attached hydrogens (tertiary/aromatic N) is 4. The maximum Gasteiger partial charge on any atom is 0.148 e. The highest BCUT2D eigenvalue weighted by Crippen LogP contribution is 2.47. The second-order valence-electron chi connectivity index (χ2n) is 7.40. The van der Waals surface area contributed by atoms with Crippen LogP contribution in [0.2, 0.25) is 10.2 Å². The number of anilines is 1. The molecule has 0 amide bonds. The summed E-state index contributed by atoms with van der Waals surface area (Å²) in [6, 6.07) is 9.77. The van der Waals surface area contributed by atoms with E-state index in [9.17, 15) is 0 Å². The highest BCUT2D eigenvalue weighted by molar-refractivity contribution is 7.99. The molecule has 2 aliphatic heterocycles. The van der Waals surface area contributed by atoms with Gasteiger partial charge in [0, 0.05) is 42.6 Å². The molecule has 9 heteroatoms. The zero-order valence-corrected chi connectivity index (χ0v) is 18.3. The fourth-order valence-corrected chi connectivity index (χ4v) is 5.24. The maximum atomic E-state index is 6.56. The van der Waals surface area contributed by atoms with E-state index in [1.807, 2.05) is 18.2 Å². The van der Waals surface area contributed by atoms with Crippen molar-refractivity contribution in [1.82, 2.24) is 15.0 Å². The number of pyridine rings is 1. The molecular weight excluding hydrogens is 441 g/mol. The topological polar surface area (TPSA) is 77.2 Å². The molecule has 1 spiro atoms. The number of fused-ring (bicyclic) bond motifs is 1. The van der Waals surface area contributed by atoms with Crippen LogP contribution >= 0.6 is 35.0 Å². The van der Waals surface area contributed by atoms with Gasteiger partial charge in [-0.15, -0.1) is 0 Å². The quantitative estimate of drug-likeness (QED) is 0.565. The third-order valence-corrected chi connectivity index (χ3v) is 7.57. The van der Waals surface area contributed by atoms with Gasteiger partial charge in [-0.2, -0.15) is 0 Å². The van der Waals surface area contributed by atoms with Gasteiger partial charge in [0.1, 0.15) is 27.3 Å². The van der Waals surface area contributed by atoms with Crippen LogP contribution in [0.1, 0.15) is 24.4 Å². The van der Waals surface area contributed by atoms with Crippen LogP contribution in [-0.4, -0.2) is 33.6 Å². The van der Waals surface area contributed by atoms with Crippen LogP contribution in [0.15, 0.2) is 58.8 Å². The van der Waals surface area contributed by atoms with Gasteiger partial charge in [-0.3, -0.25) is 0 Å². The molecule has 30 heavy (non-hydrogen) atoms. The van der Waals surface area contributed by atoms with Gasteiger partial charge in [0.05, 0.1) is 23.5 Å². The standard InChI is InChI=1S/C21H19Cl2N5OS/c22-18-15(5-8-25-20(18)23)30-17-12-26-16(11-27-17)28-9-6-21(7-10-28)19(24)13-3-1-2-4-14(13)29-21/h1-5,8,11-12,19H,6-7,9-10,24H2/t19-/m1/s1. The number of hydrogen-bond acceptors (Lipinski definition) is 7. The zero-order chi connectivity index (χ0) is 20.7. The maximum absolute atomic E-state index is 6.56. The Hall–Kier alpha value is -2.06. The van der Waals surface area contributed by atoms with Crippen molar-refractivity contribution in [2.45, 2.75) is 34.4 Å². The number of halogens is 2. The Kier molecular flexibility index (Phi) is 5.23. The molecular formula is C21H19Cl2N5OS. The number of piperidine rings is 1. The Bertz CT molecular complexity index is 1070. The number of rotatable bonds is 3. The molecule has 1 aromatic carbocycles. The Morgan fingerprint density at radius 2 is 1.87 bits per heavy atom. The third kappa shape index (κ3) is 3.50. The minimum Gasteiger partial charge on any atom is -0.485 e. The van der Waals surface area contributed by atoms with Crippen LogP contribution in [0.25, 0.3) is 0 Å². The largest absolute Gasteiger partial charge is 0.485 e. The van der Waals surface area contributed by atoms with Crippen molar-refractivity contribution >= 4 is 40.8 Å². The van der Waals surface area contributed by atoms with Crippen molar-refractivity contribution in [2.24, 2.45) is 5.73 Å². The van der Waals surface area contributed by atoms with E-state index in [1.54, 1.807) is 24.7 Å². The van der Waals surface area contributed by atoms with Gasteiger partial charge in [-0.05, 0) is 12.1 Å². The zero-order valence-electron chi connectivity index (χ0n) is 16.0. The first-order valence-corrected chi connectivity index (χ1v) is 11.2. The first kappa shape index (κ1) is 19.9. The van der Waals surface area contributed by atoms with Crippen LogP contribution < -0.4 is 15.4 Å². The summed E-state index contributed by atoms with van der Waals surface area (Å²) in [7, 11) is 0. The summed E-state index contributed by atoms with van der Waals surface area (Å²) >= 11 is 13.6. The average molecular weight is 460 g/mol. The van der Waals surface area contributed by atoms with E-state index in [0.29, 0.717) is 5.02 Å². The minimum absolute atomic E-state index is 0.0994. The highest BCUT2D eigenvalue weighted by atomic mass is 35.5. The summed E-state index contributed by atoms with van der Waals surface area (Å²) in [5.74, 6) is 1.76. The fraction of sp³-hybridized carbons (Fsp3) is 0.286. The Balaban J connectivity index is 1.26. The van der Waals surface area contributed by atoms with Crippen LogP contribution in [0, 0.1) is 0 Å². The Morgan fingerprint density at radius 3 is 2.60 bits per heavy atom. The lowest BCUT2D eigenvalue weighted by molar-refractivity contribution is 0.0431. The van der Waals surface area contributed by atoms with E-state index in [-0.39, 0.29) is 16.8 Å². The normalized spacial score (nSPS) is 19.6. The predicted molar refractivity (Wildman–Crippen MR) is 119 cm³/mol. The Morgan fingerprint density at radius 1 is 1.07 bits per heavy atom. The SMILES string of the molecule is N[C@@H]1c2ccccc2OC12CCN(c1cnc(Sc3ccnc(Cl)c3Cl)cn1)CC2. The summed E-state index contributed by atoms with van der Waals surface area (Å²) < 4.78 is 6.32. The fourth-order valence-electron chi connectivity index (χ4n) is 4.04. The molecule has 1 atom stereocenters. The number of ether oxygens (including phenoxy) is 1. The number of nitrogens with two attached hydrogens (primary N) is 1. The van der Waals surface area contributed by atoms with Gasteiger partial charge in [0.2, 0.25) is 0 Å². The van der Waals surface area contributed by atoms with Crippen LogP contribution in [-0.2, 0) is 0 Å². The van der Waals surface area contributed by atoms with Crippen LogP contribution in [0.5, 0.6) is 5.75 Å². The first-order valence-electron chi connectivity index (χ1n) is 9.64. The molecule has 2 aromatic heterocycles. The molecule has 154 valence electrons. The molecule has 3 aromatic rings. The average Bonchev–Trinajstić information content (AvgIpc) is 3.04. The molecule has 2 aliphatic rings. The molecule has 2 N–H and O–H groups in total. The molecule has 0 radical (unpaired) electrons. The first-order chi connectivity index (χ1) is 14.6. The second-order valence-corrected chi connectivity index (χ2v) is 9.20. The predicted octanol–water partition coefficient (Wildman–Crippen LogP) is 4.76. The number of benzene rings is 1. The Labute approximate surface area is 188 Å². The molecule has 0 bridgehead atoms. The van der Waals surface area contributed by atoms with Crippen molar-refractivity contribution < 1.29 is 4.74 Å². The number of hydrogen-bond donors (Lipinski definition) is 1. The van der Waals surface area contributed by atoms with Crippen LogP contribution in [0.3, 0.4) is 0 Å². The molecule has 1 fully saturated rings. The number of para-hydroxylation sites is 1. The summed E-state index contributed by atoms with van der Waals surface area (Å²) in [6.45, 7) is 1.63. The van der Waals surface area contributed by atoms with Gasteiger partial charge >= 0.3 is 0 Å². The molecule has 0 aliphatic carbocycles. The van der Waals surface area contributed by atoms with E-state index in [0.717, 1.165) is 53.0 Å². The summed E-state index contributed by atoms with van der Waals surface area (Å²) in [5.41, 5.74) is 7.32. The van der Waals surface area contributed by atoms with Crippen molar-refractivity contribution in [1.29, 1.82) is 0 Å². The van der Waals surface area contributed by atoms with Gasteiger partial charge in [-0.1, -0.05) is 53.2 Å². The van der Waals surface area contributed by atoms with E-state index >= 15 is 0 Å². The highest BCUT2D eigenvalue weighted by Gasteiger charge is 2.48. The number of aromatic nitrogens is 3. The molecule has 0 unspecified atom stereocenters. The van der Waals surface area contributed by atoms with E-state index in [4.69, 9.17) is 33.7 Å². The lowest BCUT2D eigenvalue weighted by atomic mass is 9.83. The smallest absolute Gasteiger partial charge is 0.148 e. The molecule has 5 rings (SSSR count). The minimum atomic E-state index is -0.333. The van der Waals surface area contributed by atoms with Crippen molar-refractivity contribution in [3.63, 3.8) is 0 Å². The lowest BCUT2D eigenvalue weighted by Crippen LogP contribution is -2.51. The van der Waals surface area contributed by atoms with E-state index in [1.165, 1.54) is 11.8 Å². The molecule has 1 saturated heterocycles. The van der Waals surface area contributed by atoms with Gasteiger partial charge in [0.15, 0.2) is 0 Å². The van der Waals surface area contributed by atoms with Crippen molar-refractivity contribution in [2.75, 3.05) is 18.0 Å². The summed E-state index contributed by atoms with van der Waals surface area (Å²) in [5, 5.41) is 1.45. The van der Waals surface area contributed by atoms with Gasteiger partial charge in [0.25, 0.3) is 0 Å². The lowest BCUT2D eigenvalue weighted by Gasteiger charge is -2.41. The van der Waals surface area contributed by atoms with E-state index in [2.05, 4.69) is 25.9 Å².